The van der Waals surface area contributed by atoms with Gasteiger partial charge in [0.05, 0.1) is 22.4 Å². The standard InChI is InChI=1S/C46H30N2/c1-2-15-34(16-3-1)47-43-20-9-8-19-40(43)46-44(47)22-11-23-45(46)48(42-21-10-14-31-12-5-7-18-37(31)42)35-27-24-33-26-28-38-36-17-6-4-13-32(36)25-29-39(38)41(33)30-35/h1-30H. The highest BCUT2D eigenvalue weighted by Gasteiger charge is 2.22. The lowest BCUT2D eigenvalue weighted by atomic mass is 9.96. The van der Waals surface area contributed by atoms with Crippen molar-refractivity contribution in [3.63, 3.8) is 0 Å². The summed E-state index contributed by atoms with van der Waals surface area (Å²) >= 11 is 0. The zero-order valence-electron chi connectivity index (χ0n) is 26.2. The lowest BCUT2D eigenvalue weighted by Gasteiger charge is -2.28. The highest BCUT2D eigenvalue weighted by molar-refractivity contribution is 6.20. The van der Waals surface area contributed by atoms with Crippen LogP contribution in [0.3, 0.4) is 0 Å². The fourth-order valence-corrected chi connectivity index (χ4v) is 7.80. The van der Waals surface area contributed by atoms with Gasteiger partial charge in [0.25, 0.3) is 0 Å². The summed E-state index contributed by atoms with van der Waals surface area (Å²) in [5, 5.41) is 12.5. The first-order chi connectivity index (χ1) is 23.8. The van der Waals surface area contributed by atoms with Crippen molar-refractivity contribution >= 4 is 82.0 Å². The average molecular weight is 611 g/mol. The van der Waals surface area contributed by atoms with E-state index in [1.165, 1.54) is 64.9 Å². The van der Waals surface area contributed by atoms with Gasteiger partial charge < -0.3 is 9.47 Å². The van der Waals surface area contributed by atoms with Gasteiger partial charge in [-0.3, -0.25) is 0 Å². The van der Waals surface area contributed by atoms with Crippen molar-refractivity contribution in [2.75, 3.05) is 4.90 Å². The Balaban J connectivity index is 1.32. The lowest BCUT2D eigenvalue weighted by molar-refractivity contribution is 1.18. The Labute approximate surface area is 278 Å². The zero-order chi connectivity index (χ0) is 31.6. The van der Waals surface area contributed by atoms with Crippen molar-refractivity contribution in [3.8, 4) is 5.69 Å². The highest BCUT2D eigenvalue weighted by Crippen LogP contribution is 2.46. The molecule has 0 saturated carbocycles. The second-order valence-corrected chi connectivity index (χ2v) is 12.5. The topological polar surface area (TPSA) is 8.17 Å². The SMILES string of the molecule is c1ccc(-n2c3ccccc3c3c(N(c4ccc5ccc6c7ccccc7ccc6c5c4)c4cccc5ccccc45)cccc32)cc1. The maximum absolute atomic E-state index is 2.48. The maximum atomic E-state index is 2.48. The molecule has 0 atom stereocenters. The van der Waals surface area contributed by atoms with E-state index in [0.717, 1.165) is 22.7 Å². The molecule has 0 bridgehead atoms. The molecule has 0 saturated heterocycles. The number of para-hydroxylation sites is 2. The lowest BCUT2D eigenvalue weighted by Crippen LogP contribution is -2.11. The van der Waals surface area contributed by atoms with Gasteiger partial charge in [0.15, 0.2) is 0 Å². The first-order valence-electron chi connectivity index (χ1n) is 16.5. The fraction of sp³-hybridized carbons (Fsp3) is 0. The number of hydrogen-bond acceptors (Lipinski definition) is 1. The molecule has 0 radical (unpaired) electrons. The van der Waals surface area contributed by atoms with Gasteiger partial charge in [0, 0.05) is 27.5 Å². The molecule has 1 heterocycles. The molecule has 0 fully saturated rings. The number of benzene rings is 9. The van der Waals surface area contributed by atoms with Crippen LogP contribution in [0, 0.1) is 0 Å². The van der Waals surface area contributed by atoms with E-state index in [9.17, 15) is 0 Å². The van der Waals surface area contributed by atoms with Crippen molar-refractivity contribution in [2.45, 2.75) is 0 Å². The zero-order valence-corrected chi connectivity index (χ0v) is 26.2. The number of nitrogens with zero attached hydrogens (tertiary/aromatic N) is 2. The van der Waals surface area contributed by atoms with E-state index in [4.69, 9.17) is 0 Å². The molecular formula is C46H30N2. The van der Waals surface area contributed by atoms with Crippen LogP contribution in [0.4, 0.5) is 17.1 Å². The van der Waals surface area contributed by atoms with E-state index >= 15 is 0 Å². The van der Waals surface area contributed by atoms with Gasteiger partial charge >= 0.3 is 0 Å². The summed E-state index contributed by atoms with van der Waals surface area (Å²) in [7, 11) is 0. The van der Waals surface area contributed by atoms with E-state index in [0.29, 0.717) is 0 Å². The van der Waals surface area contributed by atoms with Crippen LogP contribution < -0.4 is 4.90 Å². The Bertz CT molecular complexity index is 2840. The summed E-state index contributed by atoms with van der Waals surface area (Å²) in [5.74, 6) is 0. The Morgan fingerprint density at radius 2 is 0.896 bits per heavy atom. The van der Waals surface area contributed by atoms with Gasteiger partial charge in [-0.2, -0.15) is 0 Å². The Morgan fingerprint density at radius 1 is 0.333 bits per heavy atom. The molecule has 0 aliphatic carbocycles. The largest absolute Gasteiger partial charge is 0.309 e. The molecule has 48 heavy (non-hydrogen) atoms. The van der Waals surface area contributed by atoms with Crippen LogP contribution >= 0.6 is 0 Å². The summed E-state index contributed by atoms with van der Waals surface area (Å²) in [6, 6.07) is 66.3. The number of rotatable bonds is 4. The second kappa shape index (κ2) is 10.6. The van der Waals surface area contributed by atoms with E-state index in [1.54, 1.807) is 0 Å². The van der Waals surface area contributed by atoms with E-state index in [1.807, 2.05) is 0 Å². The van der Waals surface area contributed by atoms with Crippen LogP contribution in [0.5, 0.6) is 0 Å². The molecule has 0 N–H and O–H groups in total. The predicted octanol–water partition coefficient (Wildman–Crippen LogP) is 12.9. The fourth-order valence-electron chi connectivity index (χ4n) is 7.80. The van der Waals surface area contributed by atoms with Gasteiger partial charge in [-0.05, 0) is 86.2 Å². The van der Waals surface area contributed by atoms with Gasteiger partial charge in [-0.25, -0.2) is 0 Å². The molecular weight excluding hydrogens is 581 g/mol. The molecule has 1 aromatic heterocycles. The Kier molecular flexibility index (Phi) is 5.91. The summed E-state index contributed by atoms with van der Waals surface area (Å²) < 4.78 is 2.40. The average Bonchev–Trinajstić information content (AvgIpc) is 3.50. The molecule has 0 aliphatic rings. The van der Waals surface area contributed by atoms with E-state index in [2.05, 4.69) is 191 Å². The van der Waals surface area contributed by atoms with Crippen LogP contribution in [0.25, 0.3) is 70.6 Å². The van der Waals surface area contributed by atoms with Crippen molar-refractivity contribution in [2.24, 2.45) is 0 Å². The second-order valence-electron chi connectivity index (χ2n) is 12.5. The number of fused-ring (bicyclic) bond motifs is 9. The molecule has 9 aromatic carbocycles. The molecule has 10 aromatic rings. The maximum Gasteiger partial charge on any atom is 0.0562 e. The molecule has 2 nitrogen and oxygen atoms in total. The Hall–Kier alpha value is -6.38. The molecule has 224 valence electrons. The first-order valence-corrected chi connectivity index (χ1v) is 16.5. The molecule has 0 unspecified atom stereocenters. The predicted molar refractivity (Wildman–Crippen MR) is 205 cm³/mol. The van der Waals surface area contributed by atoms with Crippen molar-refractivity contribution in [1.29, 1.82) is 0 Å². The number of hydrogen-bond donors (Lipinski definition) is 0. The Morgan fingerprint density at radius 3 is 1.73 bits per heavy atom. The van der Waals surface area contributed by atoms with Gasteiger partial charge in [-0.1, -0.05) is 133 Å². The molecule has 2 heteroatoms. The third-order valence-electron chi connectivity index (χ3n) is 9.92. The minimum absolute atomic E-state index is 1.13. The van der Waals surface area contributed by atoms with Crippen LogP contribution in [-0.2, 0) is 0 Å². The summed E-state index contributed by atoms with van der Waals surface area (Å²) in [4.78, 5) is 2.48. The van der Waals surface area contributed by atoms with Gasteiger partial charge in [0.2, 0.25) is 0 Å². The van der Waals surface area contributed by atoms with Crippen LogP contribution in [-0.4, -0.2) is 4.57 Å². The van der Waals surface area contributed by atoms with Crippen molar-refractivity contribution < 1.29 is 0 Å². The van der Waals surface area contributed by atoms with E-state index < -0.39 is 0 Å². The number of anilines is 3. The summed E-state index contributed by atoms with van der Waals surface area (Å²) in [6.45, 7) is 0. The van der Waals surface area contributed by atoms with Crippen molar-refractivity contribution in [3.05, 3.63) is 182 Å². The first kappa shape index (κ1) is 26.8. The molecule has 0 aliphatic heterocycles. The minimum Gasteiger partial charge on any atom is -0.309 e. The molecule has 0 amide bonds. The normalized spacial score (nSPS) is 11.8. The van der Waals surface area contributed by atoms with Gasteiger partial charge in [-0.15, -0.1) is 0 Å². The molecule has 0 spiro atoms. The smallest absolute Gasteiger partial charge is 0.0562 e. The monoisotopic (exact) mass is 610 g/mol. The minimum atomic E-state index is 1.13. The van der Waals surface area contributed by atoms with Crippen LogP contribution in [0.2, 0.25) is 0 Å². The van der Waals surface area contributed by atoms with Crippen molar-refractivity contribution in [1.82, 2.24) is 4.57 Å². The summed E-state index contributed by atoms with van der Waals surface area (Å²) in [5.41, 5.74) is 6.97. The van der Waals surface area contributed by atoms with E-state index in [-0.39, 0.29) is 0 Å². The number of aromatic nitrogens is 1. The van der Waals surface area contributed by atoms with Crippen LogP contribution in [0.15, 0.2) is 182 Å². The molecule has 10 rings (SSSR count). The highest BCUT2D eigenvalue weighted by atomic mass is 15.1. The quantitative estimate of drug-likeness (QED) is 0.180. The third-order valence-corrected chi connectivity index (χ3v) is 9.92. The summed E-state index contributed by atoms with van der Waals surface area (Å²) in [6.07, 6.45) is 0. The third kappa shape index (κ3) is 4.00. The van der Waals surface area contributed by atoms with Crippen LogP contribution in [0.1, 0.15) is 0 Å². The van der Waals surface area contributed by atoms with Gasteiger partial charge in [0.1, 0.15) is 0 Å².